The molecule has 0 bridgehead atoms. The van der Waals surface area contributed by atoms with Crippen molar-refractivity contribution in [2.45, 2.75) is 31.5 Å². The van der Waals surface area contributed by atoms with Gasteiger partial charge in [0.05, 0.1) is 18.2 Å². The fourth-order valence-corrected chi connectivity index (χ4v) is 4.25. The average molecular weight is 327 g/mol. The molecule has 120 valence electrons. The summed E-state index contributed by atoms with van der Waals surface area (Å²) in [5.41, 5.74) is 1.17. The molecule has 23 heavy (non-hydrogen) atoms. The SMILES string of the molecule is Cn1cncc1[C@@H]1C[C@H](NCc2cc3ccccc3s2)CCO1. The maximum atomic E-state index is 5.94. The first-order chi connectivity index (χ1) is 11.3. The lowest BCUT2D eigenvalue weighted by molar-refractivity contribution is -0.00399. The lowest BCUT2D eigenvalue weighted by Gasteiger charge is -2.30. The Hall–Kier alpha value is -1.69. The van der Waals surface area contributed by atoms with Crippen molar-refractivity contribution in [2.24, 2.45) is 7.05 Å². The summed E-state index contributed by atoms with van der Waals surface area (Å²) in [6, 6.07) is 11.4. The second kappa shape index (κ2) is 6.43. The van der Waals surface area contributed by atoms with Gasteiger partial charge in [0.25, 0.3) is 0 Å². The molecule has 4 nitrogen and oxygen atoms in total. The Morgan fingerprint density at radius 3 is 3.13 bits per heavy atom. The monoisotopic (exact) mass is 327 g/mol. The number of fused-ring (bicyclic) bond motifs is 1. The molecule has 0 spiro atoms. The van der Waals surface area contributed by atoms with Crippen molar-refractivity contribution in [3.63, 3.8) is 0 Å². The van der Waals surface area contributed by atoms with Crippen molar-refractivity contribution in [3.8, 4) is 0 Å². The summed E-state index contributed by atoms with van der Waals surface area (Å²) in [6.07, 6.45) is 5.98. The second-order valence-electron chi connectivity index (χ2n) is 6.14. The van der Waals surface area contributed by atoms with Crippen LogP contribution in [0, 0.1) is 0 Å². The number of thiophene rings is 1. The zero-order chi connectivity index (χ0) is 15.6. The molecule has 1 saturated heterocycles. The number of nitrogens with one attached hydrogen (secondary N) is 1. The Morgan fingerprint density at radius 1 is 1.39 bits per heavy atom. The minimum Gasteiger partial charge on any atom is -0.372 e. The normalized spacial score (nSPS) is 21.8. The van der Waals surface area contributed by atoms with Gasteiger partial charge < -0.3 is 14.6 Å². The van der Waals surface area contributed by atoms with Gasteiger partial charge in [-0.05, 0) is 30.4 Å². The maximum absolute atomic E-state index is 5.94. The third-order valence-electron chi connectivity index (χ3n) is 4.51. The smallest absolute Gasteiger partial charge is 0.100 e. The maximum Gasteiger partial charge on any atom is 0.100 e. The minimum absolute atomic E-state index is 0.149. The van der Waals surface area contributed by atoms with Crippen molar-refractivity contribution in [1.29, 1.82) is 0 Å². The number of nitrogens with zero attached hydrogens (tertiary/aromatic N) is 2. The van der Waals surface area contributed by atoms with Gasteiger partial charge in [-0.3, -0.25) is 0 Å². The van der Waals surface area contributed by atoms with E-state index in [1.165, 1.54) is 20.7 Å². The molecule has 1 aliphatic heterocycles. The Bertz CT molecular complexity index is 761. The standard InChI is InChI=1S/C18H21N3OS/c1-21-12-19-11-16(21)17-9-14(6-7-22-17)20-10-15-8-13-4-2-3-5-18(13)23-15/h2-5,8,11-12,14,17,20H,6-7,9-10H2,1H3/t14-,17+/m1/s1. The molecule has 2 atom stereocenters. The van der Waals surface area contributed by atoms with Gasteiger partial charge in [0.15, 0.2) is 0 Å². The molecule has 0 unspecified atom stereocenters. The number of rotatable bonds is 4. The number of aryl methyl sites for hydroxylation is 1. The number of hydrogen-bond donors (Lipinski definition) is 1. The van der Waals surface area contributed by atoms with E-state index >= 15 is 0 Å². The molecule has 2 aromatic heterocycles. The Labute approximate surface area is 140 Å². The first kappa shape index (κ1) is 14.9. The third-order valence-corrected chi connectivity index (χ3v) is 5.63. The van der Waals surface area contributed by atoms with Gasteiger partial charge in [0.1, 0.15) is 6.10 Å². The van der Waals surface area contributed by atoms with Crippen LogP contribution in [0.4, 0.5) is 0 Å². The highest BCUT2D eigenvalue weighted by Crippen LogP contribution is 2.29. The molecule has 3 aromatic rings. The van der Waals surface area contributed by atoms with Crippen molar-refractivity contribution >= 4 is 21.4 Å². The Kier molecular flexibility index (Phi) is 4.16. The summed E-state index contributed by atoms with van der Waals surface area (Å²) in [5, 5.41) is 5.05. The molecule has 1 aromatic carbocycles. The van der Waals surface area contributed by atoms with E-state index in [9.17, 15) is 0 Å². The second-order valence-corrected chi connectivity index (χ2v) is 7.31. The van der Waals surface area contributed by atoms with Crippen molar-refractivity contribution in [2.75, 3.05) is 6.61 Å². The summed E-state index contributed by atoms with van der Waals surface area (Å²) in [6.45, 7) is 1.74. The summed E-state index contributed by atoms with van der Waals surface area (Å²) in [4.78, 5) is 5.60. The first-order valence-corrected chi connectivity index (χ1v) is 8.90. The van der Waals surface area contributed by atoms with Crippen LogP contribution in [-0.4, -0.2) is 22.2 Å². The van der Waals surface area contributed by atoms with Gasteiger partial charge in [-0.25, -0.2) is 4.98 Å². The number of benzene rings is 1. The Balaban J connectivity index is 1.39. The minimum atomic E-state index is 0.149. The van der Waals surface area contributed by atoms with Gasteiger partial charge in [-0.1, -0.05) is 18.2 Å². The van der Waals surface area contributed by atoms with Gasteiger partial charge in [-0.2, -0.15) is 0 Å². The van der Waals surface area contributed by atoms with Crippen molar-refractivity contribution < 1.29 is 4.74 Å². The Morgan fingerprint density at radius 2 is 2.30 bits per heavy atom. The van der Waals surface area contributed by atoms with E-state index in [-0.39, 0.29) is 6.10 Å². The van der Waals surface area contributed by atoms with E-state index in [4.69, 9.17) is 4.74 Å². The topological polar surface area (TPSA) is 39.1 Å². The molecule has 1 aliphatic rings. The van der Waals surface area contributed by atoms with Crippen molar-refractivity contribution in [1.82, 2.24) is 14.9 Å². The fourth-order valence-electron chi connectivity index (χ4n) is 3.23. The van der Waals surface area contributed by atoms with Gasteiger partial charge in [0.2, 0.25) is 0 Å². The molecule has 0 amide bonds. The highest BCUT2D eigenvalue weighted by molar-refractivity contribution is 7.19. The quantitative estimate of drug-likeness (QED) is 0.795. The zero-order valence-electron chi connectivity index (χ0n) is 13.2. The summed E-state index contributed by atoms with van der Waals surface area (Å²) in [5.74, 6) is 0. The van der Waals surface area contributed by atoms with Crippen LogP contribution >= 0.6 is 11.3 Å². The molecular formula is C18H21N3OS. The predicted octanol–water partition coefficient (Wildman–Crippen LogP) is 3.64. The number of aromatic nitrogens is 2. The van der Waals surface area contributed by atoms with Gasteiger partial charge in [-0.15, -0.1) is 11.3 Å². The van der Waals surface area contributed by atoms with Crippen LogP contribution in [0.2, 0.25) is 0 Å². The molecule has 5 heteroatoms. The number of imidazole rings is 1. The fraction of sp³-hybridized carbons (Fsp3) is 0.389. The summed E-state index contributed by atoms with van der Waals surface area (Å²) < 4.78 is 9.35. The molecule has 0 saturated carbocycles. The molecule has 0 aliphatic carbocycles. The van der Waals surface area contributed by atoms with Crippen LogP contribution in [0.25, 0.3) is 10.1 Å². The van der Waals surface area contributed by atoms with Crippen LogP contribution in [-0.2, 0) is 18.3 Å². The third kappa shape index (κ3) is 3.17. The molecule has 0 radical (unpaired) electrons. The van der Waals surface area contributed by atoms with E-state index in [0.29, 0.717) is 6.04 Å². The van der Waals surface area contributed by atoms with Crippen molar-refractivity contribution in [3.05, 3.63) is 53.4 Å². The predicted molar refractivity (Wildman–Crippen MR) is 93.6 cm³/mol. The van der Waals surface area contributed by atoms with Crippen LogP contribution < -0.4 is 5.32 Å². The van der Waals surface area contributed by atoms with Crippen LogP contribution in [0.15, 0.2) is 42.9 Å². The molecular weight excluding hydrogens is 306 g/mol. The largest absolute Gasteiger partial charge is 0.372 e. The lowest BCUT2D eigenvalue weighted by atomic mass is 10.0. The highest BCUT2D eigenvalue weighted by Gasteiger charge is 2.25. The lowest BCUT2D eigenvalue weighted by Crippen LogP contribution is -2.36. The van der Waals surface area contributed by atoms with E-state index in [0.717, 1.165) is 26.0 Å². The molecule has 3 heterocycles. The summed E-state index contributed by atoms with van der Waals surface area (Å²) >= 11 is 1.88. The molecule has 4 rings (SSSR count). The number of hydrogen-bond acceptors (Lipinski definition) is 4. The van der Waals surface area contributed by atoms with Crippen LogP contribution in [0.3, 0.4) is 0 Å². The first-order valence-electron chi connectivity index (χ1n) is 8.08. The van der Waals surface area contributed by atoms with Crippen LogP contribution in [0.5, 0.6) is 0 Å². The highest BCUT2D eigenvalue weighted by atomic mass is 32.1. The summed E-state index contributed by atoms with van der Waals surface area (Å²) in [7, 11) is 2.03. The average Bonchev–Trinajstić information content (AvgIpc) is 3.18. The van der Waals surface area contributed by atoms with E-state index in [2.05, 4.69) is 45.2 Å². The van der Waals surface area contributed by atoms with Gasteiger partial charge >= 0.3 is 0 Å². The van der Waals surface area contributed by atoms with E-state index < -0.39 is 0 Å². The van der Waals surface area contributed by atoms with Crippen LogP contribution in [0.1, 0.15) is 29.5 Å². The zero-order valence-corrected chi connectivity index (χ0v) is 14.1. The van der Waals surface area contributed by atoms with E-state index in [1.807, 2.05) is 30.9 Å². The van der Waals surface area contributed by atoms with E-state index in [1.54, 1.807) is 0 Å². The van der Waals surface area contributed by atoms with Gasteiger partial charge in [0, 0.05) is 35.8 Å². The molecule has 1 N–H and O–H groups in total. The molecule has 1 fully saturated rings. The number of ether oxygens (including phenoxy) is 1.